The molecule has 0 aromatic heterocycles. The first kappa shape index (κ1) is 12.7. The summed E-state index contributed by atoms with van der Waals surface area (Å²) >= 11 is -0.715. The van der Waals surface area contributed by atoms with Crippen LogP contribution in [0.4, 0.5) is 0 Å². The Labute approximate surface area is 95.3 Å². The molecule has 0 bridgehead atoms. The average molecular weight is 254 g/mol. The standard InChI is InChI=1S/C8H17N.C4H9.Ga/c1-4-7-8-9(5-2)6-3;1-3-4-2;/h2-8H2,1H3;1,3-4H2,2H3;. The fourth-order valence-corrected chi connectivity index (χ4v) is 9.32. The van der Waals surface area contributed by atoms with E-state index in [9.17, 15) is 0 Å². The Morgan fingerprint density at radius 1 is 1.00 bits per heavy atom. The summed E-state index contributed by atoms with van der Waals surface area (Å²) in [5.41, 5.74) is 0. The normalized spacial score (nSPS) is 18.9. The number of hydrogen-bond acceptors (Lipinski definition) is 1. The molecule has 1 saturated heterocycles. The SMILES string of the molecule is CCCCN1C[CH2][Ga]([CH2]CCC)[CH2]C1. The van der Waals surface area contributed by atoms with E-state index in [1.807, 2.05) is 0 Å². The predicted octanol–water partition coefficient (Wildman–Crippen LogP) is 3.40. The molecule has 0 saturated carbocycles. The number of unbranched alkanes of at least 4 members (excludes halogenated alkanes) is 2. The van der Waals surface area contributed by atoms with Gasteiger partial charge in [0.2, 0.25) is 0 Å². The second-order valence-electron chi connectivity index (χ2n) is 4.78. The van der Waals surface area contributed by atoms with E-state index in [4.69, 9.17) is 0 Å². The van der Waals surface area contributed by atoms with Crippen LogP contribution in [0.1, 0.15) is 39.5 Å². The van der Waals surface area contributed by atoms with Gasteiger partial charge in [0.05, 0.1) is 0 Å². The number of rotatable bonds is 6. The van der Waals surface area contributed by atoms with Gasteiger partial charge in [-0.05, 0) is 0 Å². The molecule has 1 aliphatic rings. The molecule has 0 amide bonds. The quantitative estimate of drug-likeness (QED) is 0.656. The van der Waals surface area contributed by atoms with Crippen molar-refractivity contribution in [2.24, 2.45) is 0 Å². The monoisotopic (exact) mass is 253 g/mol. The molecule has 0 aliphatic carbocycles. The third-order valence-corrected chi connectivity index (χ3v) is 10.6. The van der Waals surface area contributed by atoms with Gasteiger partial charge in [-0.2, -0.15) is 0 Å². The van der Waals surface area contributed by atoms with Crippen LogP contribution >= 0.6 is 0 Å². The molecular weight excluding hydrogens is 228 g/mol. The Hall–Kier alpha value is 0.596. The topological polar surface area (TPSA) is 3.24 Å². The van der Waals surface area contributed by atoms with Crippen molar-refractivity contribution in [3.8, 4) is 0 Å². The zero-order valence-electron chi connectivity index (χ0n) is 10.1. The molecule has 0 aromatic rings. The summed E-state index contributed by atoms with van der Waals surface area (Å²) in [4.78, 5) is 7.68. The molecule has 82 valence electrons. The summed E-state index contributed by atoms with van der Waals surface area (Å²) in [5, 5.41) is 0. The molecule has 0 unspecified atom stereocenters. The van der Waals surface area contributed by atoms with E-state index < -0.39 is 16.2 Å². The molecule has 1 heterocycles. The average Bonchev–Trinajstić information content (AvgIpc) is 2.25. The van der Waals surface area contributed by atoms with Crippen LogP contribution < -0.4 is 0 Å². The van der Waals surface area contributed by atoms with Crippen LogP contribution in [0.25, 0.3) is 0 Å². The minimum atomic E-state index is -0.715. The van der Waals surface area contributed by atoms with Crippen molar-refractivity contribution < 1.29 is 0 Å². The molecule has 0 atom stereocenters. The van der Waals surface area contributed by atoms with E-state index in [0.29, 0.717) is 0 Å². The Kier molecular flexibility index (Phi) is 7.09. The maximum absolute atomic E-state index is 2.71. The van der Waals surface area contributed by atoms with E-state index in [1.54, 1.807) is 14.9 Å². The second-order valence-corrected chi connectivity index (χ2v) is 12.0. The Balaban J connectivity index is 2.05. The van der Waals surface area contributed by atoms with Crippen LogP contribution in [0.2, 0.25) is 14.9 Å². The molecule has 1 rings (SSSR count). The third kappa shape index (κ3) is 4.90. The van der Waals surface area contributed by atoms with Gasteiger partial charge in [-0.1, -0.05) is 0 Å². The van der Waals surface area contributed by atoms with Gasteiger partial charge in [0, 0.05) is 0 Å². The predicted molar refractivity (Wildman–Crippen MR) is 66.4 cm³/mol. The van der Waals surface area contributed by atoms with Crippen LogP contribution in [0, 0.1) is 0 Å². The summed E-state index contributed by atoms with van der Waals surface area (Å²) in [6.45, 7) is 8.91. The van der Waals surface area contributed by atoms with E-state index in [0.717, 1.165) is 0 Å². The fraction of sp³-hybridized carbons (Fsp3) is 1.00. The molecule has 0 radical (unpaired) electrons. The summed E-state index contributed by atoms with van der Waals surface area (Å²) in [7, 11) is 0. The van der Waals surface area contributed by atoms with Crippen molar-refractivity contribution in [2.45, 2.75) is 54.5 Å². The van der Waals surface area contributed by atoms with E-state index in [-0.39, 0.29) is 0 Å². The summed E-state index contributed by atoms with van der Waals surface area (Å²) in [6.07, 6.45) is 5.71. The fourth-order valence-electron chi connectivity index (χ4n) is 2.37. The van der Waals surface area contributed by atoms with Gasteiger partial charge in [0.1, 0.15) is 0 Å². The molecule has 0 spiro atoms. The molecule has 2 heteroatoms. The molecule has 0 N–H and O–H groups in total. The maximum atomic E-state index is 2.71. The van der Waals surface area contributed by atoms with Crippen LogP contribution in [-0.4, -0.2) is 40.8 Å². The van der Waals surface area contributed by atoms with Crippen molar-refractivity contribution in [2.75, 3.05) is 19.6 Å². The second kappa shape index (κ2) is 7.83. The molecule has 1 fully saturated rings. The van der Waals surface area contributed by atoms with Crippen LogP contribution in [0.15, 0.2) is 0 Å². The van der Waals surface area contributed by atoms with Crippen molar-refractivity contribution in [3.63, 3.8) is 0 Å². The third-order valence-electron chi connectivity index (χ3n) is 3.50. The van der Waals surface area contributed by atoms with Gasteiger partial charge in [0.25, 0.3) is 0 Å². The van der Waals surface area contributed by atoms with E-state index in [2.05, 4.69) is 18.7 Å². The van der Waals surface area contributed by atoms with Crippen LogP contribution in [0.5, 0.6) is 0 Å². The van der Waals surface area contributed by atoms with E-state index >= 15 is 0 Å². The Morgan fingerprint density at radius 2 is 1.64 bits per heavy atom. The zero-order valence-corrected chi connectivity index (χ0v) is 12.5. The molecule has 14 heavy (non-hydrogen) atoms. The van der Waals surface area contributed by atoms with Crippen molar-refractivity contribution >= 4 is 16.2 Å². The van der Waals surface area contributed by atoms with Crippen molar-refractivity contribution in [1.82, 2.24) is 4.90 Å². The van der Waals surface area contributed by atoms with Gasteiger partial charge in [-0.3, -0.25) is 0 Å². The van der Waals surface area contributed by atoms with Gasteiger partial charge in [-0.25, -0.2) is 0 Å². The van der Waals surface area contributed by atoms with Gasteiger partial charge in [-0.15, -0.1) is 0 Å². The molecule has 0 aromatic carbocycles. The van der Waals surface area contributed by atoms with Gasteiger partial charge >= 0.3 is 95.2 Å². The Morgan fingerprint density at radius 3 is 2.21 bits per heavy atom. The number of hydrogen-bond donors (Lipinski definition) is 0. The Bertz CT molecular complexity index is 114. The minimum absolute atomic E-state index is 0.715. The summed E-state index contributed by atoms with van der Waals surface area (Å²) in [6, 6.07) is 0. The van der Waals surface area contributed by atoms with Crippen LogP contribution in [-0.2, 0) is 0 Å². The van der Waals surface area contributed by atoms with Crippen molar-refractivity contribution in [3.05, 3.63) is 0 Å². The molecular formula is C12H26GaN. The first-order valence-corrected chi connectivity index (χ1v) is 11.7. The zero-order chi connectivity index (χ0) is 10.2. The van der Waals surface area contributed by atoms with E-state index in [1.165, 1.54) is 45.3 Å². The first-order chi connectivity index (χ1) is 6.86. The molecule has 1 nitrogen and oxygen atoms in total. The number of nitrogens with zero attached hydrogens (tertiary/aromatic N) is 1. The van der Waals surface area contributed by atoms with Crippen molar-refractivity contribution in [1.29, 1.82) is 0 Å². The van der Waals surface area contributed by atoms with Gasteiger partial charge in [0.15, 0.2) is 0 Å². The summed E-state index contributed by atoms with van der Waals surface area (Å²) < 4.78 is 0. The van der Waals surface area contributed by atoms with Crippen LogP contribution in [0.3, 0.4) is 0 Å². The summed E-state index contributed by atoms with van der Waals surface area (Å²) in [5.74, 6) is 0. The first-order valence-electron chi connectivity index (χ1n) is 6.59. The molecule has 1 aliphatic heterocycles. The van der Waals surface area contributed by atoms with Gasteiger partial charge < -0.3 is 0 Å².